The van der Waals surface area contributed by atoms with Gasteiger partial charge in [-0.25, -0.2) is 0 Å². The molecule has 0 aliphatic rings. The zero-order valence-electron chi connectivity index (χ0n) is 16.7. The Morgan fingerprint density at radius 3 is 2.83 bits per heavy atom. The molecule has 10 heteroatoms. The Morgan fingerprint density at radius 2 is 2.17 bits per heavy atom. The first-order valence-electron chi connectivity index (χ1n) is 9.34. The third kappa shape index (κ3) is 5.35. The molecular weight excluding hydrogens is 406 g/mol. The van der Waals surface area contributed by atoms with Crippen LogP contribution in [-0.2, 0) is 29.1 Å². The van der Waals surface area contributed by atoms with Gasteiger partial charge >= 0.3 is 5.97 Å². The van der Waals surface area contributed by atoms with Crippen LogP contribution in [0, 0.1) is 0 Å². The summed E-state index contributed by atoms with van der Waals surface area (Å²) in [6, 6.07) is 9.06. The summed E-state index contributed by atoms with van der Waals surface area (Å²) < 4.78 is 18.5. The summed E-state index contributed by atoms with van der Waals surface area (Å²) in [6.45, 7) is 4.75. The molecule has 1 aromatic carbocycles. The molecular formula is C20H23N5O4S. The van der Waals surface area contributed by atoms with E-state index >= 15 is 0 Å². The van der Waals surface area contributed by atoms with Crippen molar-refractivity contribution >= 4 is 17.3 Å². The van der Waals surface area contributed by atoms with Gasteiger partial charge in [0, 0.05) is 23.9 Å². The molecule has 1 unspecified atom stereocenters. The molecule has 0 saturated heterocycles. The van der Waals surface area contributed by atoms with E-state index in [2.05, 4.69) is 15.3 Å². The number of ether oxygens (including phenoxy) is 1. The first-order valence-corrected chi connectivity index (χ1v) is 10.6. The van der Waals surface area contributed by atoms with E-state index in [0.717, 1.165) is 22.3 Å². The van der Waals surface area contributed by atoms with Gasteiger partial charge in [0.15, 0.2) is 0 Å². The monoisotopic (exact) mass is 429 g/mol. The fourth-order valence-corrected chi connectivity index (χ4v) is 3.53. The van der Waals surface area contributed by atoms with Gasteiger partial charge < -0.3 is 14.4 Å². The van der Waals surface area contributed by atoms with Crippen molar-refractivity contribution in [1.82, 2.24) is 20.0 Å². The lowest BCUT2D eigenvalue weighted by molar-refractivity contribution is -0.136. The highest BCUT2D eigenvalue weighted by atomic mass is 32.2. The Bertz CT molecular complexity index is 1020. The summed E-state index contributed by atoms with van der Waals surface area (Å²) in [5, 5.41) is 27.1. The summed E-state index contributed by atoms with van der Waals surface area (Å²) in [6.07, 6.45) is 3.18. The molecule has 3 rings (SSSR count). The largest absolute Gasteiger partial charge is 0.592 e. The number of rotatable bonds is 9. The number of hydrogen-bond acceptors (Lipinski definition) is 7. The first kappa shape index (κ1) is 21.8. The number of benzene rings is 1. The minimum absolute atomic E-state index is 0.0770. The predicted molar refractivity (Wildman–Crippen MR) is 111 cm³/mol. The van der Waals surface area contributed by atoms with Gasteiger partial charge in [-0.2, -0.15) is 5.10 Å². The lowest BCUT2D eigenvalue weighted by Crippen LogP contribution is -2.15. The van der Waals surface area contributed by atoms with E-state index in [1.165, 1.54) is 0 Å². The number of hydrogen-bond donors (Lipinski definition) is 2. The van der Waals surface area contributed by atoms with Crippen LogP contribution < -0.4 is 9.88 Å². The lowest BCUT2D eigenvalue weighted by Gasteiger charge is -2.16. The minimum atomic E-state index is -1.62. The minimum Gasteiger partial charge on any atom is -0.592 e. The fourth-order valence-electron chi connectivity index (χ4n) is 3.15. The van der Waals surface area contributed by atoms with E-state index in [9.17, 15) is 14.5 Å². The van der Waals surface area contributed by atoms with Gasteiger partial charge in [-0.1, -0.05) is 32.0 Å². The van der Waals surface area contributed by atoms with E-state index in [4.69, 9.17) is 9.88 Å². The van der Waals surface area contributed by atoms with Crippen LogP contribution in [0.1, 0.15) is 30.9 Å². The van der Waals surface area contributed by atoms with Gasteiger partial charge in [0.1, 0.15) is 6.61 Å². The molecule has 0 spiro atoms. The average Bonchev–Trinajstić information content (AvgIpc) is 3.17. The molecule has 2 aromatic heterocycles. The Balaban J connectivity index is 1.78. The molecule has 1 atom stereocenters. The third-order valence-electron chi connectivity index (χ3n) is 4.50. The second-order valence-electron chi connectivity index (χ2n) is 6.94. The Kier molecular flexibility index (Phi) is 7.03. The van der Waals surface area contributed by atoms with Crippen LogP contribution in [-0.4, -0.2) is 42.2 Å². The molecule has 0 fully saturated rings. The number of carboxylic acids is 1. The maximum Gasteiger partial charge on any atom is 0.307 e. The van der Waals surface area contributed by atoms with E-state index in [0.29, 0.717) is 17.5 Å². The summed E-state index contributed by atoms with van der Waals surface area (Å²) >= 11 is -1.62. The molecule has 0 saturated carbocycles. The number of carbonyl (C=O) groups is 1. The molecule has 0 radical (unpaired) electrons. The summed E-state index contributed by atoms with van der Waals surface area (Å²) in [5.74, 6) is -0.384. The predicted octanol–water partition coefficient (Wildman–Crippen LogP) is 2.15. The molecule has 158 valence electrons. The second kappa shape index (κ2) is 9.70. The molecule has 2 heterocycles. The molecule has 0 bridgehead atoms. The number of carboxylic acid groups (broad SMARTS) is 1. The normalized spacial score (nSPS) is 12.2. The summed E-state index contributed by atoms with van der Waals surface area (Å²) in [7, 11) is 0. The molecule has 0 amide bonds. The van der Waals surface area contributed by atoms with Gasteiger partial charge in [-0.3, -0.25) is 9.48 Å². The van der Waals surface area contributed by atoms with Crippen LogP contribution in [0.5, 0.6) is 5.88 Å². The zero-order valence-corrected chi connectivity index (χ0v) is 17.5. The van der Waals surface area contributed by atoms with Crippen LogP contribution in [0.4, 0.5) is 0 Å². The number of nitrogens with two attached hydrogens (primary N) is 1. The number of aromatic nitrogens is 4. The lowest BCUT2D eigenvalue weighted by atomic mass is 9.89. The fraction of sp³-hybridized carbons (Fsp3) is 0.300. The van der Waals surface area contributed by atoms with Crippen molar-refractivity contribution in [2.24, 2.45) is 5.14 Å². The van der Waals surface area contributed by atoms with Crippen LogP contribution in [0.15, 0.2) is 47.8 Å². The standard InChI is InChI=1S/C20H23N5O4S/c1-13(2)15-4-3-5-16(17(15)11-20(26)27)14-10-18(23-22-12-14)29-9-8-25-7-6-19(24-25)30(21)28/h3-7,10,12-13H,8-9,11,21H2,1-2H3,(H,26,27). The molecule has 3 aromatic rings. The van der Waals surface area contributed by atoms with E-state index < -0.39 is 17.3 Å². The van der Waals surface area contributed by atoms with Crippen molar-refractivity contribution in [3.63, 3.8) is 0 Å². The molecule has 0 aliphatic heterocycles. The van der Waals surface area contributed by atoms with Crippen LogP contribution in [0.3, 0.4) is 0 Å². The van der Waals surface area contributed by atoms with Crippen molar-refractivity contribution < 1.29 is 19.2 Å². The quantitative estimate of drug-likeness (QED) is 0.493. The van der Waals surface area contributed by atoms with Gasteiger partial charge in [0.25, 0.3) is 5.03 Å². The van der Waals surface area contributed by atoms with Crippen LogP contribution in [0.2, 0.25) is 0 Å². The van der Waals surface area contributed by atoms with Crippen molar-refractivity contribution in [3.8, 4) is 17.0 Å². The highest BCUT2D eigenvalue weighted by Crippen LogP contribution is 2.31. The molecule has 30 heavy (non-hydrogen) atoms. The van der Waals surface area contributed by atoms with Crippen molar-refractivity contribution in [3.05, 3.63) is 53.9 Å². The van der Waals surface area contributed by atoms with Crippen LogP contribution >= 0.6 is 0 Å². The Hall–Kier alpha value is -2.95. The highest BCUT2D eigenvalue weighted by Gasteiger charge is 2.16. The average molecular weight is 430 g/mol. The molecule has 0 aliphatic carbocycles. The Labute approximate surface area is 177 Å². The topological polar surface area (TPSA) is 139 Å². The zero-order chi connectivity index (χ0) is 21.7. The van der Waals surface area contributed by atoms with Gasteiger partial charge in [0.2, 0.25) is 5.88 Å². The SMILES string of the molecule is CC(C)c1cccc(-c2cnnc(OCCn3ccc([S+](N)[O-])n3)c2)c1CC(=O)O. The molecule has 9 nitrogen and oxygen atoms in total. The van der Waals surface area contributed by atoms with Crippen molar-refractivity contribution in [2.45, 2.75) is 37.8 Å². The van der Waals surface area contributed by atoms with Gasteiger partial charge in [-0.05, 0) is 22.6 Å². The van der Waals surface area contributed by atoms with Gasteiger partial charge in [0.05, 0.1) is 30.5 Å². The highest BCUT2D eigenvalue weighted by molar-refractivity contribution is 7.89. The first-order chi connectivity index (χ1) is 14.3. The van der Waals surface area contributed by atoms with Crippen LogP contribution in [0.25, 0.3) is 11.1 Å². The maximum atomic E-state index is 11.4. The number of nitrogens with zero attached hydrogens (tertiary/aromatic N) is 4. The third-order valence-corrected chi connectivity index (χ3v) is 5.13. The smallest absolute Gasteiger partial charge is 0.307 e. The maximum absolute atomic E-state index is 11.4. The number of aliphatic carboxylic acids is 1. The van der Waals surface area contributed by atoms with Crippen molar-refractivity contribution in [1.29, 1.82) is 0 Å². The van der Waals surface area contributed by atoms with Gasteiger partial charge in [-0.15, -0.1) is 15.3 Å². The molecule has 3 N–H and O–H groups in total. The Morgan fingerprint density at radius 1 is 1.37 bits per heavy atom. The van der Waals surface area contributed by atoms with E-state index in [1.54, 1.807) is 29.2 Å². The van der Waals surface area contributed by atoms with E-state index in [1.807, 2.05) is 32.0 Å². The van der Waals surface area contributed by atoms with Crippen molar-refractivity contribution in [2.75, 3.05) is 6.61 Å². The van der Waals surface area contributed by atoms with E-state index in [-0.39, 0.29) is 18.9 Å². The summed E-state index contributed by atoms with van der Waals surface area (Å²) in [4.78, 5) is 11.4. The second-order valence-corrected chi connectivity index (χ2v) is 7.96. The summed E-state index contributed by atoms with van der Waals surface area (Å²) in [5.41, 5.74) is 3.28.